The Bertz CT molecular complexity index is 1220. The number of thiocarbonyl (C=S) groups is 1. The molecule has 4 rings (SSSR count). The van der Waals surface area contributed by atoms with Gasteiger partial charge in [0, 0.05) is 16.7 Å². The van der Waals surface area contributed by atoms with E-state index in [1.165, 1.54) is 6.08 Å². The van der Waals surface area contributed by atoms with Gasteiger partial charge in [0.1, 0.15) is 15.8 Å². The zero-order valence-corrected chi connectivity index (χ0v) is 18.8. The molecule has 156 valence electrons. The molecular weight excluding hydrogens is 477 g/mol. The number of amides is 1. The number of hydrogen-bond acceptors (Lipinski definition) is 5. The third kappa shape index (κ3) is 4.41. The normalized spacial score (nSPS) is 16.2. The zero-order chi connectivity index (χ0) is 22.1. The van der Waals surface area contributed by atoms with Crippen molar-refractivity contribution in [3.8, 4) is 11.3 Å². The number of carboxylic acid groups (broad SMARTS) is 1. The molecule has 0 aliphatic carbocycles. The van der Waals surface area contributed by atoms with Crippen LogP contribution in [0.1, 0.15) is 17.4 Å². The van der Waals surface area contributed by atoms with Gasteiger partial charge in [0.15, 0.2) is 6.04 Å². The Kier molecular flexibility index (Phi) is 6.20. The minimum Gasteiger partial charge on any atom is -0.479 e. The number of nitrogens with zero attached hydrogens (tertiary/aromatic N) is 1. The minimum absolute atomic E-state index is 0.164. The number of carboxylic acids is 1. The van der Waals surface area contributed by atoms with Gasteiger partial charge in [-0.15, -0.1) is 0 Å². The minimum atomic E-state index is -1.21. The number of carbonyl (C=O) groups excluding carboxylic acids is 1. The summed E-state index contributed by atoms with van der Waals surface area (Å²) < 4.78 is 5.98. The van der Waals surface area contributed by atoms with Gasteiger partial charge in [0.2, 0.25) is 0 Å². The summed E-state index contributed by atoms with van der Waals surface area (Å²) in [7, 11) is 0. The quantitative estimate of drug-likeness (QED) is 0.335. The van der Waals surface area contributed by atoms with Gasteiger partial charge in [-0.05, 0) is 35.9 Å². The average Bonchev–Trinajstić information content (AvgIpc) is 3.31. The largest absolute Gasteiger partial charge is 0.479 e. The van der Waals surface area contributed by atoms with E-state index < -0.39 is 17.9 Å². The summed E-state index contributed by atoms with van der Waals surface area (Å²) in [5.41, 5.74) is 1.08. The van der Waals surface area contributed by atoms with Crippen LogP contribution in [0.2, 0.25) is 10.0 Å². The van der Waals surface area contributed by atoms with Crippen LogP contribution >= 0.6 is 47.2 Å². The molecule has 1 aliphatic heterocycles. The van der Waals surface area contributed by atoms with Gasteiger partial charge in [0.05, 0.1) is 9.93 Å². The number of halogens is 2. The van der Waals surface area contributed by atoms with Crippen LogP contribution in [0.25, 0.3) is 17.4 Å². The van der Waals surface area contributed by atoms with Crippen molar-refractivity contribution in [3.05, 3.63) is 86.9 Å². The third-order valence-corrected chi connectivity index (χ3v) is 6.42. The number of benzene rings is 2. The van der Waals surface area contributed by atoms with Gasteiger partial charge in [0.25, 0.3) is 5.91 Å². The molecule has 1 N–H and O–H groups in total. The smallest absolute Gasteiger partial charge is 0.331 e. The SMILES string of the molecule is O=C(O)C(c1ccccc1)N1C(=O)C(=Cc2ccc(-c3cc(Cl)ccc3Cl)o2)SC1=S. The first-order valence-electron chi connectivity index (χ1n) is 8.95. The van der Waals surface area contributed by atoms with Crippen molar-refractivity contribution in [2.24, 2.45) is 0 Å². The zero-order valence-electron chi connectivity index (χ0n) is 15.6. The van der Waals surface area contributed by atoms with E-state index in [-0.39, 0.29) is 9.23 Å². The van der Waals surface area contributed by atoms with Gasteiger partial charge >= 0.3 is 5.97 Å². The van der Waals surface area contributed by atoms with Crippen LogP contribution in [0.5, 0.6) is 0 Å². The van der Waals surface area contributed by atoms with Crippen molar-refractivity contribution in [1.82, 2.24) is 4.90 Å². The van der Waals surface area contributed by atoms with Crippen LogP contribution < -0.4 is 0 Å². The average molecular weight is 490 g/mol. The molecule has 2 heterocycles. The maximum atomic E-state index is 13.0. The van der Waals surface area contributed by atoms with E-state index in [0.717, 1.165) is 16.7 Å². The predicted octanol–water partition coefficient (Wildman–Crippen LogP) is 6.28. The molecule has 1 unspecified atom stereocenters. The Labute approximate surface area is 197 Å². The van der Waals surface area contributed by atoms with Gasteiger partial charge in [-0.3, -0.25) is 9.69 Å². The number of hydrogen-bond donors (Lipinski definition) is 1. The van der Waals surface area contributed by atoms with Crippen molar-refractivity contribution in [2.45, 2.75) is 6.04 Å². The summed E-state index contributed by atoms with van der Waals surface area (Å²) in [5.74, 6) is -0.773. The Morgan fingerprint density at radius 1 is 1.13 bits per heavy atom. The third-order valence-electron chi connectivity index (χ3n) is 4.52. The molecule has 0 spiro atoms. The standard InChI is InChI=1S/C22H13Cl2NO4S2/c23-13-6-8-16(24)15(10-13)17-9-7-14(29-17)11-18-20(26)25(22(30)31-18)19(21(27)28)12-4-2-1-3-5-12/h1-11,19H,(H,27,28). The van der Waals surface area contributed by atoms with Crippen LogP contribution in [0.3, 0.4) is 0 Å². The number of rotatable bonds is 5. The van der Waals surface area contributed by atoms with E-state index in [1.807, 2.05) is 0 Å². The molecular formula is C22H13Cl2NO4S2. The molecule has 0 bridgehead atoms. The molecule has 1 saturated heterocycles. The van der Waals surface area contributed by atoms with E-state index in [4.69, 9.17) is 39.8 Å². The van der Waals surface area contributed by atoms with Crippen molar-refractivity contribution in [2.75, 3.05) is 0 Å². The monoisotopic (exact) mass is 489 g/mol. The molecule has 0 radical (unpaired) electrons. The first kappa shape index (κ1) is 21.6. The highest BCUT2D eigenvalue weighted by Crippen LogP contribution is 2.39. The van der Waals surface area contributed by atoms with Crippen molar-refractivity contribution in [3.63, 3.8) is 0 Å². The van der Waals surface area contributed by atoms with E-state index in [9.17, 15) is 14.7 Å². The molecule has 5 nitrogen and oxygen atoms in total. The lowest BCUT2D eigenvalue weighted by atomic mass is 10.1. The topological polar surface area (TPSA) is 70.8 Å². The first-order valence-corrected chi connectivity index (χ1v) is 10.9. The summed E-state index contributed by atoms with van der Waals surface area (Å²) in [5, 5.41) is 10.7. The van der Waals surface area contributed by atoms with Gasteiger partial charge in [-0.25, -0.2) is 4.79 Å². The Balaban J connectivity index is 1.64. The number of aliphatic carboxylic acids is 1. The van der Waals surface area contributed by atoms with E-state index in [1.54, 1.807) is 60.7 Å². The molecule has 0 saturated carbocycles. The Hall–Kier alpha value is -2.58. The highest BCUT2D eigenvalue weighted by molar-refractivity contribution is 8.26. The van der Waals surface area contributed by atoms with E-state index in [0.29, 0.717) is 32.7 Å². The van der Waals surface area contributed by atoms with Crippen molar-refractivity contribution in [1.29, 1.82) is 0 Å². The predicted molar refractivity (Wildman–Crippen MR) is 126 cm³/mol. The summed E-state index contributed by atoms with van der Waals surface area (Å²) in [6, 6.07) is 15.7. The van der Waals surface area contributed by atoms with Crippen molar-refractivity contribution < 1.29 is 19.1 Å². The maximum absolute atomic E-state index is 13.0. The number of thioether (sulfide) groups is 1. The molecule has 1 atom stereocenters. The van der Waals surface area contributed by atoms with Crippen LogP contribution in [0.15, 0.2) is 70.0 Å². The Morgan fingerprint density at radius 2 is 1.87 bits per heavy atom. The molecule has 9 heteroatoms. The van der Waals surface area contributed by atoms with Crippen molar-refractivity contribution >= 4 is 69.5 Å². The molecule has 2 aromatic carbocycles. The second kappa shape index (κ2) is 8.88. The van der Waals surface area contributed by atoms with Gasteiger partial charge in [-0.1, -0.05) is 77.5 Å². The maximum Gasteiger partial charge on any atom is 0.331 e. The number of carbonyl (C=O) groups is 2. The second-order valence-electron chi connectivity index (χ2n) is 6.53. The van der Waals surface area contributed by atoms with Gasteiger partial charge in [-0.2, -0.15) is 0 Å². The molecule has 1 amide bonds. The lowest BCUT2D eigenvalue weighted by Gasteiger charge is -2.23. The molecule has 31 heavy (non-hydrogen) atoms. The molecule has 1 aromatic heterocycles. The second-order valence-corrected chi connectivity index (χ2v) is 9.05. The van der Waals surface area contributed by atoms with E-state index in [2.05, 4.69) is 0 Å². The van der Waals surface area contributed by atoms with Gasteiger partial charge < -0.3 is 9.52 Å². The molecule has 1 aliphatic rings. The summed E-state index contributed by atoms with van der Waals surface area (Å²) in [6.07, 6.45) is 1.53. The van der Waals surface area contributed by atoms with Crippen LogP contribution in [0, 0.1) is 0 Å². The fraction of sp³-hybridized carbons (Fsp3) is 0.0455. The summed E-state index contributed by atoms with van der Waals surface area (Å²) >= 11 is 18.6. The summed E-state index contributed by atoms with van der Waals surface area (Å²) in [6.45, 7) is 0. The highest BCUT2D eigenvalue weighted by Gasteiger charge is 2.41. The van der Waals surface area contributed by atoms with Crippen LogP contribution in [-0.2, 0) is 9.59 Å². The number of furan rings is 1. The lowest BCUT2D eigenvalue weighted by molar-refractivity contribution is -0.145. The Morgan fingerprint density at radius 3 is 2.58 bits per heavy atom. The molecule has 3 aromatic rings. The lowest BCUT2D eigenvalue weighted by Crippen LogP contribution is -2.37. The van der Waals surface area contributed by atoms with Crippen LogP contribution in [-0.4, -0.2) is 26.2 Å². The highest BCUT2D eigenvalue weighted by atomic mass is 35.5. The fourth-order valence-electron chi connectivity index (χ4n) is 3.13. The van der Waals surface area contributed by atoms with E-state index >= 15 is 0 Å². The van der Waals surface area contributed by atoms with Crippen LogP contribution in [0.4, 0.5) is 0 Å². The fourth-order valence-corrected chi connectivity index (χ4v) is 4.81. The first-order chi connectivity index (χ1) is 14.8. The summed E-state index contributed by atoms with van der Waals surface area (Å²) in [4.78, 5) is 26.3. The molecule has 1 fully saturated rings.